The number of carbonyl (C=O) groups excluding carboxylic acids is 1. The Morgan fingerprint density at radius 2 is 1.89 bits per heavy atom. The highest BCUT2D eigenvalue weighted by Gasteiger charge is 2.33. The number of amides is 1. The molecule has 3 heterocycles. The Labute approximate surface area is 209 Å². The summed E-state index contributed by atoms with van der Waals surface area (Å²) in [5.41, 5.74) is 3.00. The number of aromatic amines is 2. The highest BCUT2D eigenvalue weighted by atomic mass is 19.4. The molecule has 1 aliphatic rings. The van der Waals surface area contributed by atoms with Gasteiger partial charge in [0, 0.05) is 30.7 Å². The number of nitrogens with one attached hydrogen (secondary N) is 3. The van der Waals surface area contributed by atoms with Crippen molar-refractivity contribution in [1.82, 2.24) is 20.2 Å². The van der Waals surface area contributed by atoms with Crippen LogP contribution >= 0.6 is 0 Å². The van der Waals surface area contributed by atoms with E-state index in [-0.39, 0.29) is 17.5 Å². The number of hydrogen-bond donors (Lipinski definition) is 3. The van der Waals surface area contributed by atoms with Crippen LogP contribution < -0.4 is 15.1 Å². The Balaban J connectivity index is 1.40. The summed E-state index contributed by atoms with van der Waals surface area (Å²) < 4.78 is 40.3. The van der Waals surface area contributed by atoms with Gasteiger partial charge >= 0.3 is 6.18 Å². The van der Waals surface area contributed by atoms with E-state index in [1.807, 2.05) is 31.2 Å². The van der Waals surface area contributed by atoms with Crippen molar-refractivity contribution in [2.24, 2.45) is 0 Å². The number of anilines is 4. The summed E-state index contributed by atoms with van der Waals surface area (Å²) in [5, 5.41) is 10.7. The SMILES string of the molecule is CCN1CCN(c2ccc3cn[nH]c3c2)C(=O)c2cc3nc(Nc4ccccc4C(F)(F)F)[nH]c3cc21. The number of hydrogen-bond acceptors (Lipinski definition) is 5. The smallest absolute Gasteiger partial charge is 0.369 e. The molecule has 0 fully saturated rings. The van der Waals surface area contributed by atoms with Crippen LogP contribution in [-0.2, 0) is 6.18 Å². The van der Waals surface area contributed by atoms with Crippen LogP contribution in [0.2, 0.25) is 0 Å². The first-order chi connectivity index (χ1) is 17.8. The van der Waals surface area contributed by atoms with E-state index in [0.29, 0.717) is 36.2 Å². The third-order valence-corrected chi connectivity index (χ3v) is 6.61. The molecule has 0 saturated heterocycles. The van der Waals surface area contributed by atoms with Gasteiger partial charge in [-0.3, -0.25) is 9.89 Å². The van der Waals surface area contributed by atoms with Crippen LogP contribution in [0.1, 0.15) is 22.8 Å². The Morgan fingerprint density at radius 3 is 2.70 bits per heavy atom. The normalized spacial score (nSPS) is 14.3. The number of benzene rings is 3. The first-order valence-corrected chi connectivity index (χ1v) is 11.8. The molecule has 0 radical (unpaired) electrons. The van der Waals surface area contributed by atoms with Gasteiger partial charge in [-0.05, 0) is 49.4 Å². The van der Waals surface area contributed by atoms with E-state index in [9.17, 15) is 18.0 Å². The zero-order valence-corrected chi connectivity index (χ0v) is 19.7. The predicted molar refractivity (Wildman–Crippen MR) is 136 cm³/mol. The number of nitrogens with zero attached hydrogens (tertiary/aromatic N) is 4. The maximum absolute atomic E-state index is 13.8. The zero-order chi connectivity index (χ0) is 25.7. The molecule has 2 aromatic heterocycles. The summed E-state index contributed by atoms with van der Waals surface area (Å²) in [7, 11) is 0. The Hall–Kier alpha value is -4.54. The third kappa shape index (κ3) is 4.02. The number of imidazole rings is 1. The monoisotopic (exact) mass is 505 g/mol. The van der Waals surface area contributed by atoms with Crippen molar-refractivity contribution in [3.8, 4) is 0 Å². The molecule has 0 spiro atoms. The molecule has 37 heavy (non-hydrogen) atoms. The van der Waals surface area contributed by atoms with Crippen molar-refractivity contribution >= 4 is 50.9 Å². The lowest BCUT2D eigenvalue weighted by atomic mass is 10.1. The highest BCUT2D eigenvalue weighted by Crippen LogP contribution is 2.37. The minimum Gasteiger partial charge on any atom is -0.369 e. The number of rotatable bonds is 4. The fourth-order valence-electron chi connectivity index (χ4n) is 4.76. The minimum atomic E-state index is -4.51. The fraction of sp³-hybridized carbons (Fsp3) is 0.192. The number of carbonyl (C=O) groups is 1. The van der Waals surface area contributed by atoms with E-state index in [1.165, 1.54) is 18.2 Å². The quantitative estimate of drug-likeness (QED) is 0.292. The lowest BCUT2D eigenvalue weighted by Crippen LogP contribution is -2.34. The molecule has 0 saturated carbocycles. The summed E-state index contributed by atoms with van der Waals surface area (Å²) in [5.74, 6) is -0.0180. The van der Waals surface area contributed by atoms with Crippen molar-refractivity contribution in [3.05, 3.63) is 71.9 Å². The summed E-state index contributed by atoms with van der Waals surface area (Å²) >= 11 is 0. The first-order valence-electron chi connectivity index (χ1n) is 11.8. The van der Waals surface area contributed by atoms with E-state index in [1.54, 1.807) is 17.2 Å². The Bertz CT molecular complexity index is 1640. The molecule has 1 amide bonds. The molecule has 3 N–H and O–H groups in total. The van der Waals surface area contributed by atoms with Gasteiger partial charge in [-0.25, -0.2) is 4.98 Å². The van der Waals surface area contributed by atoms with Gasteiger partial charge in [-0.2, -0.15) is 18.3 Å². The Morgan fingerprint density at radius 1 is 1.05 bits per heavy atom. The largest absolute Gasteiger partial charge is 0.418 e. The fourth-order valence-corrected chi connectivity index (χ4v) is 4.76. The maximum Gasteiger partial charge on any atom is 0.418 e. The predicted octanol–water partition coefficient (Wildman–Crippen LogP) is 5.69. The van der Waals surface area contributed by atoms with Gasteiger partial charge < -0.3 is 20.1 Å². The number of fused-ring (bicyclic) bond motifs is 3. The van der Waals surface area contributed by atoms with Gasteiger partial charge in [-0.1, -0.05) is 12.1 Å². The molecule has 5 aromatic rings. The highest BCUT2D eigenvalue weighted by molar-refractivity contribution is 6.13. The second kappa shape index (κ2) is 8.54. The summed E-state index contributed by atoms with van der Waals surface area (Å²) in [6, 6.07) is 14.5. The molecule has 0 bridgehead atoms. The molecular weight excluding hydrogens is 483 g/mol. The van der Waals surface area contributed by atoms with Gasteiger partial charge in [0.05, 0.1) is 45.2 Å². The molecule has 0 unspecified atom stereocenters. The van der Waals surface area contributed by atoms with E-state index in [4.69, 9.17) is 0 Å². The molecule has 6 rings (SSSR count). The number of aromatic nitrogens is 4. The van der Waals surface area contributed by atoms with Gasteiger partial charge in [0.1, 0.15) is 0 Å². The first kappa shape index (κ1) is 22.9. The van der Waals surface area contributed by atoms with Crippen LogP contribution in [-0.4, -0.2) is 45.7 Å². The van der Waals surface area contributed by atoms with Crippen molar-refractivity contribution in [1.29, 1.82) is 0 Å². The van der Waals surface area contributed by atoms with Crippen molar-refractivity contribution < 1.29 is 18.0 Å². The second-order valence-electron chi connectivity index (χ2n) is 8.82. The average Bonchev–Trinajstić information content (AvgIpc) is 3.47. The van der Waals surface area contributed by atoms with Gasteiger partial charge in [0.25, 0.3) is 5.91 Å². The molecule has 0 aliphatic carbocycles. The second-order valence-corrected chi connectivity index (χ2v) is 8.82. The van der Waals surface area contributed by atoms with Crippen molar-refractivity contribution in [2.45, 2.75) is 13.1 Å². The standard InChI is InChI=1S/C26H22F3N7O/c1-2-35-9-10-36(16-8-7-15-14-30-34-20(15)11-16)24(37)17-12-21-22(13-23(17)35)33-25(32-21)31-19-6-4-3-5-18(19)26(27,28)29/h3-8,11-14H,2,9-10H2,1H3,(H,30,34)(H2,31,32,33). The molecular formula is C26H22F3N7O. The van der Waals surface area contributed by atoms with Crippen LogP contribution in [0.5, 0.6) is 0 Å². The number of alkyl halides is 3. The number of H-pyrrole nitrogens is 2. The average molecular weight is 506 g/mol. The summed E-state index contributed by atoms with van der Waals surface area (Å²) in [6.07, 6.45) is -2.78. The minimum absolute atomic E-state index is 0.109. The summed E-state index contributed by atoms with van der Waals surface area (Å²) in [4.78, 5) is 25.1. The van der Waals surface area contributed by atoms with E-state index in [0.717, 1.165) is 28.3 Å². The molecule has 0 atom stereocenters. The number of para-hydroxylation sites is 1. The molecule has 3 aromatic carbocycles. The van der Waals surface area contributed by atoms with Crippen molar-refractivity contribution in [2.75, 3.05) is 34.8 Å². The third-order valence-electron chi connectivity index (χ3n) is 6.61. The maximum atomic E-state index is 13.8. The topological polar surface area (TPSA) is 92.9 Å². The van der Waals surface area contributed by atoms with Crippen LogP contribution in [0.3, 0.4) is 0 Å². The van der Waals surface area contributed by atoms with Crippen LogP contribution in [0, 0.1) is 0 Å². The van der Waals surface area contributed by atoms with Gasteiger partial charge in [-0.15, -0.1) is 0 Å². The number of halogens is 3. The Kier molecular flexibility index (Phi) is 5.28. The summed E-state index contributed by atoms with van der Waals surface area (Å²) in [6.45, 7) is 3.79. The van der Waals surface area contributed by atoms with Crippen molar-refractivity contribution in [3.63, 3.8) is 0 Å². The van der Waals surface area contributed by atoms with Gasteiger partial charge in [0.15, 0.2) is 0 Å². The molecule has 188 valence electrons. The molecule has 11 heteroatoms. The number of likely N-dealkylation sites (N-methyl/N-ethyl adjacent to an activating group) is 1. The van der Waals surface area contributed by atoms with Gasteiger partial charge in [0.2, 0.25) is 5.95 Å². The zero-order valence-electron chi connectivity index (χ0n) is 19.7. The van der Waals surface area contributed by atoms with E-state index < -0.39 is 11.7 Å². The lowest BCUT2D eigenvalue weighted by molar-refractivity contribution is -0.136. The molecule has 8 nitrogen and oxygen atoms in total. The lowest BCUT2D eigenvalue weighted by Gasteiger charge is -2.23. The molecule has 1 aliphatic heterocycles. The van der Waals surface area contributed by atoms with E-state index >= 15 is 0 Å². The van der Waals surface area contributed by atoms with E-state index in [2.05, 4.69) is 30.4 Å². The van der Waals surface area contributed by atoms with Crippen LogP contribution in [0.25, 0.3) is 21.9 Å². The van der Waals surface area contributed by atoms with Crippen LogP contribution in [0.15, 0.2) is 60.8 Å². The van der Waals surface area contributed by atoms with Crippen LogP contribution in [0.4, 0.5) is 36.2 Å².